The van der Waals surface area contributed by atoms with Crippen LogP contribution in [0.25, 0.3) is 0 Å². The van der Waals surface area contributed by atoms with Crippen LogP contribution in [0.4, 0.5) is 0 Å². The van der Waals surface area contributed by atoms with Crippen molar-refractivity contribution < 1.29 is 18.8 Å². The minimum Gasteiger partial charge on any atom is -0.486 e. The van der Waals surface area contributed by atoms with Crippen LogP contribution in [0.3, 0.4) is 0 Å². The van der Waals surface area contributed by atoms with E-state index in [4.69, 9.17) is 54.5 Å². The van der Waals surface area contributed by atoms with Crippen molar-refractivity contribution in [3.05, 3.63) is 86.7 Å². The highest BCUT2D eigenvalue weighted by atomic mass is 35.5. The van der Waals surface area contributed by atoms with Crippen LogP contribution in [0.1, 0.15) is 21.9 Å². The fraction of sp³-hybridized carbons (Fsp3) is 0.0526. The van der Waals surface area contributed by atoms with E-state index in [0.29, 0.717) is 27.1 Å². The van der Waals surface area contributed by atoms with Crippen molar-refractivity contribution in [3.63, 3.8) is 0 Å². The summed E-state index contributed by atoms with van der Waals surface area (Å²) in [6.45, 7) is 0.111. The van der Waals surface area contributed by atoms with Gasteiger partial charge in [-0.1, -0.05) is 46.0 Å². The summed E-state index contributed by atoms with van der Waals surface area (Å²) in [5, 5.41) is 4.87. The van der Waals surface area contributed by atoms with Gasteiger partial charge in [0.2, 0.25) is 5.76 Å². The molecular weight excluding hydrogens is 427 g/mol. The van der Waals surface area contributed by atoms with Crippen molar-refractivity contribution in [3.8, 4) is 5.75 Å². The Balaban J connectivity index is 1.60. The average Bonchev–Trinajstić information content (AvgIpc) is 3.13. The Morgan fingerprint density at radius 3 is 2.57 bits per heavy atom. The number of nitrogens with two attached hydrogens (primary N) is 1. The van der Waals surface area contributed by atoms with Gasteiger partial charge in [0.1, 0.15) is 18.1 Å². The van der Waals surface area contributed by atoms with E-state index in [9.17, 15) is 4.79 Å². The van der Waals surface area contributed by atoms with Gasteiger partial charge in [0, 0.05) is 15.6 Å². The Morgan fingerprint density at radius 1 is 1.04 bits per heavy atom. The lowest BCUT2D eigenvalue weighted by Crippen LogP contribution is -2.15. The second kappa shape index (κ2) is 9.01. The molecule has 0 aliphatic rings. The van der Waals surface area contributed by atoms with Gasteiger partial charge in [-0.3, -0.25) is 0 Å². The van der Waals surface area contributed by atoms with Gasteiger partial charge in [-0.15, -0.1) is 0 Å². The van der Waals surface area contributed by atoms with Crippen molar-refractivity contribution in [2.45, 2.75) is 6.61 Å². The number of hydrogen-bond donors (Lipinski definition) is 1. The van der Waals surface area contributed by atoms with Crippen molar-refractivity contribution in [2.24, 2.45) is 10.9 Å². The maximum atomic E-state index is 12.1. The second-order valence-electron chi connectivity index (χ2n) is 5.49. The highest BCUT2D eigenvalue weighted by molar-refractivity contribution is 6.36. The SMILES string of the molecule is N/C(=N\OC(=O)c1ccc(COc2cccc(Cl)c2)o1)c1ccc(Cl)cc1Cl. The summed E-state index contributed by atoms with van der Waals surface area (Å²) >= 11 is 17.7. The molecule has 2 aromatic carbocycles. The molecule has 0 fully saturated rings. The van der Waals surface area contributed by atoms with Crippen molar-refractivity contribution in [2.75, 3.05) is 0 Å². The number of amidine groups is 1. The van der Waals surface area contributed by atoms with Gasteiger partial charge >= 0.3 is 5.97 Å². The minimum absolute atomic E-state index is 0.0524. The highest BCUT2D eigenvalue weighted by Gasteiger charge is 2.15. The molecule has 1 aromatic heterocycles. The molecule has 3 rings (SSSR count). The molecule has 0 aliphatic heterocycles. The van der Waals surface area contributed by atoms with E-state index in [-0.39, 0.29) is 23.2 Å². The van der Waals surface area contributed by atoms with Gasteiger partial charge in [0.25, 0.3) is 0 Å². The molecule has 0 saturated heterocycles. The zero-order chi connectivity index (χ0) is 20.1. The molecule has 2 N–H and O–H groups in total. The first-order valence-electron chi connectivity index (χ1n) is 7.89. The molecule has 0 radical (unpaired) electrons. The summed E-state index contributed by atoms with van der Waals surface area (Å²) in [4.78, 5) is 16.9. The molecule has 0 bridgehead atoms. The smallest absolute Gasteiger partial charge is 0.400 e. The number of rotatable bonds is 6. The van der Waals surface area contributed by atoms with Crippen LogP contribution >= 0.6 is 34.8 Å². The molecule has 0 aliphatic carbocycles. The van der Waals surface area contributed by atoms with Crippen LogP contribution in [0.15, 0.2) is 64.2 Å². The van der Waals surface area contributed by atoms with Crippen LogP contribution in [0.2, 0.25) is 15.1 Å². The monoisotopic (exact) mass is 438 g/mol. The average molecular weight is 440 g/mol. The Bertz CT molecular complexity index is 1030. The third kappa shape index (κ3) is 5.19. The molecule has 0 spiro atoms. The highest BCUT2D eigenvalue weighted by Crippen LogP contribution is 2.21. The largest absolute Gasteiger partial charge is 0.486 e. The molecular formula is C19H13Cl3N2O4. The van der Waals surface area contributed by atoms with Gasteiger partial charge in [-0.05, 0) is 48.5 Å². The zero-order valence-electron chi connectivity index (χ0n) is 14.2. The lowest BCUT2D eigenvalue weighted by Gasteiger charge is -2.04. The zero-order valence-corrected chi connectivity index (χ0v) is 16.5. The second-order valence-corrected chi connectivity index (χ2v) is 6.77. The topological polar surface area (TPSA) is 87.1 Å². The van der Waals surface area contributed by atoms with Gasteiger partial charge in [-0.2, -0.15) is 0 Å². The summed E-state index contributed by atoms with van der Waals surface area (Å²) < 4.78 is 10.9. The minimum atomic E-state index is -0.818. The standard InChI is InChI=1S/C19H13Cl3N2O4/c20-11-2-1-3-13(8-11)26-10-14-5-7-17(27-14)19(25)28-24-18(23)15-6-4-12(21)9-16(15)22/h1-9H,10H2,(H2,23,24). The molecule has 9 heteroatoms. The van der Waals surface area contributed by atoms with Gasteiger partial charge in [0.05, 0.1) is 5.02 Å². The van der Waals surface area contributed by atoms with E-state index < -0.39 is 5.97 Å². The predicted molar refractivity (Wildman–Crippen MR) is 107 cm³/mol. The Kier molecular flexibility index (Phi) is 6.46. The Labute approximate surface area is 175 Å². The van der Waals surface area contributed by atoms with Crippen molar-refractivity contribution in [1.29, 1.82) is 0 Å². The molecule has 6 nitrogen and oxygen atoms in total. The lowest BCUT2D eigenvalue weighted by atomic mass is 10.2. The first-order chi connectivity index (χ1) is 13.4. The molecule has 0 atom stereocenters. The molecule has 0 unspecified atom stereocenters. The van der Waals surface area contributed by atoms with Gasteiger partial charge in [-0.25, -0.2) is 4.79 Å². The molecule has 0 amide bonds. The van der Waals surface area contributed by atoms with Gasteiger partial charge < -0.3 is 19.7 Å². The molecule has 0 saturated carbocycles. The quantitative estimate of drug-likeness (QED) is 0.244. The summed E-state index contributed by atoms with van der Waals surface area (Å²) in [5.74, 6) is 0.0476. The van der Waals surface area contributed by atoms with Crippen LogP contribution in [0.5, 0.6) is 5.75 Å². The van der Waals surface area contributed by atoms with E-state index in [1.165, 1.54) is 12.1 Å². The van der Waals surface area contributed by atoms with Crippen LogP contribution in [-0.2, 0) is 11.4 Å². The number of benzene rings is 2. The van der Waals surface area contributed by atoms with Crippen molar-refractivity contribution >= 4 is 46.6 Å². The van der Waals surface area contributed by atoms with Gasteiger partial charge in [0.15, 0.2) is 5.84 Å². The number of hydrogen-bond acceptors (Lipinski definition) is 5. The van der Waals surface area contributed by atoms with E-state index in [0.717, 1.165) is 0 Å². The number of furan rings is 1. The molecule has 3 aromatic rings. The van der Waals surface area contributed by atoms with E-state index in [1.807, 2.05) is 0 Å². The molecule has 28 heavy (non-hydrogen) atoms. The third-order valence-electron chi connectivity index (χ3n) is 3.47. The van der Waals surface area contributed by atoms with E-state index in [1.54, 1.807) is 42.5 Å². The molecule has 1 heterocycles. The van der Waals surface area contributed by atoms with E-state index in [2.05, 4.69) is 5.16 Å². The van der Waals surface area contributed by atoms with Crippen molar-refractivity contribution in [1.82, 2.24) is 0 Å². The number of ether oxygens (including phenoxy) is 1. The van der Waals surface area contributed by atoms with Crippen LogP contribution in [0, 0.1) is 0 Å². The maximum Gasteiger partial charge on any atom is 0.400 e. The summed E-state index contributed by atoms with van der Waals surface area (Å²) in [6.07, 6.45) is 0. The summed E-state index contributed by atoms with van der Waals surface area (Å²) in [5.41, 5.74) is 6.17. The van der Waals surface area contributed by atoms with Crippen LogP contribution < -0.4 is 10.5 Å². The number of nitrogens with zero attached hydrogens (tertiary/aromatic N) is 1. The summed E-state index contributed by atoms with van der Waals surface area (Å²) in [7, 11) is 0. The first-order valence-corrected chi connectivity index (χ1v) is 9.03. The fourth-order valence-electron chi connectivity index (χ4n) is 2.16. The number of halogens is 3. The summed E-state index contributed by atoms with van der Waals surface area (Å²) in [6, 6.07) is 14.6. The predicted octanol–water partition coefficient (Wildman–Crippen LogP) is 5.30. The Morgan fingerprint density at radius 2 is 1.82 bits per heavy atom. The number of carbonyl (C=O) groups excluding carboxylic acids is 1. The Hall–Kier alpha value is -2.67. The molecule has 144 valence electrons. The first kappa shape index (κ1) is 20.1. The lowest BCUT2D eigenvalue weighted by molar-refractivity contribution is 0.0475. The maximum absolute atomic E-state index is 12.1. The van der Waals surface area contributed by atoms with Crippen LogP contribution in [-0.4, -0.2) is 11.8 Å². The number of carbonyl (C=O) groups is 1. The number of oxime groups is 1. The fourth-order valence-corrected chi connectivity index (χ4v) is 2.84. The normalized spacial score (nSPS) is 11.3. The van der Waals surface area contributed by atoms with E-state index >= 15 is 0 Å². The third-order valence-corrected chi connectivity index (χ3v) is 4.26.